The number of carbonyl (C=O) groups excluding carboxylic acids is 1. The minimum absolute atomic E-state index is 0.00601. The van der Waals surface area contributed by atoms with Crippen LogP contribution in [0.15, 0.2) is 53.4 Å². The van der Waals surface area contributed by atoms with Gasteiger partial charge < -0.3 is 9.64 Å². The number of carbonyl (C=O) groups is 1. The van der Waals surface area contributed by atoms with Gasteiger partial charge in [-0.2, -0.15) is 0 Å². The zero-order valence-electron chi connectivity index (χ0n) is 16.5. The molecule has 1 atom stereocenters. The molecular weight excluding hydrogens is 368 g/mol. The van der Waals surface area contributed by atoms with E-state index in [4.69, 9.17) is 9.37 Å². The van der Waals surface area contributed by atoms with Crippen molar-refractivity contribution in [3.8, 4) is 5.75 Å². The number of aromatic nitrogens is 3. The first-order valence-corrected chi connectivity index (χ1v) is 9.88. The predicted octanol–water partition coefficient (Wildman–Crippen LogP) is 3.45. The van der Waals surface area contributed by atoms with E-state index in [2.05, 4.69) is 21.4 Å². The Morgan fingerprint density at radius 1 is 1.24 bits per heavy atom. The molecule has 0 bridgehead atoms. The summed E-state index contributed by atoms with van der Waals surface area (Å²) in [4.78, 5) is 19.4. The van der Waals surface area contributed by atoms with Gasteiger partial charge in [0, 0.05) is 25.5 Å². The summed E-state index contributed by atoms with van der Waals surface area (Å²) in [7, 11) is 0. The first-order valence-electron chi connectivity index (χ1n) is 9.88. The average Bonchev–Trinajstić information content (AvgIpc) is 3.17. The topological polar surface area (TPSA) is 81.3 Å². The number of aryl methyl sites for hydroxylation is 1. The van der Waals surface area contributed by atoms with E-state index in [9.17, 15) is 4.79 Å². The SMILES string of the molecule is Cc1nonc1COc1ccccc1C(=O)N1CCC[C@H](Cc2cccnc2)C1. The van der Waals surface area contributed by atoms with Crippen LogP contribution in [0, 0.1) is 12.8 Å². The first-order chi connectivity index (χ1) is 14.2. The molecule has 1 saturated heterocycles. The zero-order chi connectivity index (χ0) is 20.1. The van der Waals surface area contributed by atoms with Crippen molar-refractivity contribution in [2.75, 3.05) is 13.1 Å². The third-order valence-electron chi connectivity index (χ3n) is 5.28. The number of pyridine rings is 1. The molecule has 3 heterocycles. The van der Waals surface area contributed by atoms with Crippen LogP contribution in [0.1, 0.15) is 40.2 Å². The van der Waals surface area contributed by atoms with Crippen LogP contribution in [0.2, 0.25) is 0 Å². The Morgan fingerprint density at radius 3 is 2.93 bits per heavy atom. The predicted molar refractivity (Wildman–Crippen MR) is 106 cm³/mol. The van der Waals surface area contributed by atoms with E-state index in [0.29, 0.717) is 28.6 Å². The van der Waals surface area contributed by atoms with Gasteiger partial charge in [0.15, 0.2) is 0 Å². The van der Waals surface area contributed by atoms with Crippen molar-refractivity contribution in [1.29, 1.82) is 0 Å². The molecular formula is C22H24N4O3. The largest absolute Gasteiger partial charge is 0.486 e. The number of para-hydroxylation sites is 1. The monoisotopic (exact) mass is 392 g/mol. The van der Waals surface area contributed by atoms with E-state index in [0.717, 1.165) is 32.4 Å². The van der Waals surface area contributed by atoms with Gasteiger partial charge in [-0.15, -0.1) is 0 Å². The molecule has 0 unspecified atom stereocenters. The van der Waals surface area contributed by atoms with E-state index >= 15 is 0 Å². The van der Waals surface area contributed by atoms with Crippen molar-refractivity contribution in [1.82, 2.24) is 20.2 Å². The van der Waals surface area contributed by atoms with Crippen molar-refractivity contribution in [3.05, 3.63) is 71.3 Å². The molecule has 1 fully saturated rings. The molecule has 0 N–H and O–H groups in total. The number of nitrogens with zero attached hydrogens (tertiary/aromatic N) is 4. The zero-order valence-corrected chi connectivity index (χ0v) is 16.5. The van der Waals surface area contributed by atoms with Gasteiger partial charge in [-0.3, -0.25) is 9.78 Å². The summed E-state index contributed by atoms with van der Waals surface area (Å²) < 4.78 is 10.6. The molecule has 0 saturated carbocycles. The van der Waals surface area contributed by atoms with Crippen LogP contribution in [0.4, 0.5) is 0 Å². The molecule has 1 aliphatic heterocycles. The van der Waals surface area contributed by atoms with E-state index in [1.54, 1.807) is 6.20 Å². The number of hydrogen-bond acceptors (Lipinski definition) is 6. The summed E-state index contributed by atoms with van der Waals surface area (Å²) >= 11 is 0. The second-order valence-corrected chi connectivity index (χ2v) is 7.41. The number of ether oxygens (including phenoxy) is 1. The lowest BCUT2D eigenvalue weighted by Crippen LogP contribution is -2.40. The number of hydrogen-bond donors (Lipinski definition) is 0. The Bertz CT molecular complexity index is 957. The van der Waals surface area contributed by atoms with Gasteiger partial charge in [0.1, 0.15) is 23.7 Å². The number of benzene rings is 1. The lowest BCUT2D eigenvalue weighted by atomic mass is 9.91. The summed E-state index contributed by atoms with van der Waals surface area (Å²) in [6.45, 7) is 3.53. The standard InChI is InChI=1S/C22H24N4O3/c1-16-20(25-29-24-16)15-28-21-9-3-2-8-19(21)22(27)26-11-5-7-18(14-26)12-17-6-4-10-23-13-17/h2-4,6,8-10,13,18H,5,7,11-12,14-15H2,1H3/t18-/m1/s1. The van der Waals surface area contributed by atoms with Crippen LogP contribution >= 0.6 is 0 Å². The summed E-state index contributed by atoms with van der Waals surface area (Å²) in [5.41, 5.74) is 3.10. The molecule has 4 rings (SSSR count). The maximum Gasteiger partial charge on any atom is 0.257 e. The van der Waals surface area contributed by atoms with Gasteiger partial charge >= 0.3 is 0 Å². The summed E-state index contributed by atoms with van der Waals surface area (Å²) in [5.74, 6) is 0.995. The molecule has 3 aromatic rings. The molecule has 7 nitrogen and oxygen atoms in total. The normalized spacial score (nSPS) is 16.6. The second-order valence-electron chi connectivity index (χ2n) is 7.41. The number of likely N-dealkylation sites (tertiary alicyclic amines) is 1. The van der Waals surface area contributed by atoms with Gasteiger partial charge in [0.25, 0.3) is 5.91 Å². The average molecular weight is 392 g/mol. The fourth-order valence-electron chi connectivity index (χ4n) is 3.73. The third kappa shape index (κ3) is 4.62. The van der Waals surface area contributed by atoms with Gasteiger partial charge in [0.2, 0.25) is 0 Å². The summed E-state index contributed by atoms with van der Waals surface area (Å²) in [6, 6.07) is 11.4. The minimum atomic E-state index is 0.00601. The lowest BCUT2D eigenvalue weighted by Gasteiger charge is -2.33. The molecule has 0 radical (unpaired) electrons. The van der Waals surface area contributed by atoms with Crippen molar-refractivity contribution in [3.63, 3.8) is 0 Å². The Morgan fingerprint density at radius 2 is 2.14 bits per heavy atom. The fraction of sp³-hybridized carbons (Fsp3) is 0.364. The van der Waals surface area contributed by atoms with Crippen LogP contribution in [-0.2, 0) is 13.0 Å². The molecule has 150 valence electrons. The Hall–Kier alpha value is -3.22. The molecule has 29 heavy (non-hydrogen) atoms. The van der Waals surface area contributed by atoms with Crippen molar-refractivity contribution >= 4 is 5.91 Å². The maximum atomic E-state index is 13.2. The van der Waals surface area contributed by atoms with Crippen LogP contribution < -0.4 is 4.74 Å². The smallest absolute Gasteiger partial charge is 0.257 e. The highest BCUT2D eigenvalue weighted by Gasteiger charge is 2.26. The van der Waals surface area contributed by atoms with Crippen LogP contribution in [0.5, 0.6) is 5.75 Å². The van der Waals surface area contributed by atoms with Crippen molar-refractivity contribution in [2.24, 2.45) is 5.92 Å². The summed E-state index contributed by atoms with van der Waals surface area (Å²) in [6.07, 6.45) is 6.76. The highest BCUT2D eigenvalue weighted by atomic mass is 16.6. The van der Waals surface area contributed by atoms with Gasteiger partial charge in [-0.05, 0) is 55.9 Å². The van der Waals surface area contributed by atoms with E-state index in [-0.39, 0.29) is 12.5 Å². The van der Waals surface area contributed by atoms with Gasteiger partial charge in [-0.25, -0.2) is 4.63 Å². The van der Waals surface area contributed by atoms with Crippen LogP contribution in [0.25, 0.3) is 0 Å². The Labute approximate surface area is 169 Å². The maximum absolute atomic E-state index is 13.2. The molecule has 1 aromatic carbocycles. The molecule has 0 aliphatic carbocycles. The first kappa shape index (κ1) is 19.1. The molecule has 0 spiro atoms. The van der Waals surface area contributed by atoms with Crippen LogP contribution in [0.3, 0.4) is 0 Å². The van der Waals surface area contributed by atoms with Crippen molar-refractivity contribution in [2.45, 2.75) is 32.8 Å². The summed E-state index contributed by atoms with van der Waals surface area (Å²) in [5, 5.41) is 7.59. The highest BCUT2D eigenvalue weighted by Crippen LogP contribution is 2.26. The number of rotatable bonds is 6. The quantitative estimate of drug-likeness (QED) is 0.639. The molecule has 2 aromatic heterocycles. The fourth-order valence-corrected chi connectivity index (χ4v) is 3.73. The number of amides is 1. The van der Waals surface area contributed by atoms with E-state index in [1.807, 2.05) is 48.4 Å². The van der Waals surface area contributed by atoms with Crippen LogP contribution in [-0.4, -0.2) is 39.2 Å². The Balaban J connectivity index is 1.44. The van der Waals surface area contributed by atoms with Crippen molar-refractivity contribution < 1.29 is 14.2 Å². The second kappa shape index (κ2) is 8.86. The van der Waals surface area contributed by atoms with Gasteiger partial charge in [0.05, 0.1) is 5.56 Å². The lowest BCUT2D eigenvalue weighted by molar-refractivity contribution is 0.0668. The highest BCUT2D eigenvalue weighted by molar-refractivity contribution is 5.97. The number of piperidine rings is 1. The van der Waals surface area contributed by atoms with E-state index in [1.165, 1.54) is 5.56 Å². The third-order valence-corrected chi connectivity index (χ3v) is 5.28. The Kier molecular flexibility index (Phi) is 5.84. The molecule has 7 heteroatoms. The molecule has 1 amide bonds. The van der Waals surface area contributed by atoms with Gasteiger partial charge in [-0.1, -0.05) is 28.5 Å². The minimum Gasteiger partial charge on any atom is -0.486 e. The molecule has 1 aliphatic rings. The van der Waals surface area contributed by atoms with E-state index < -0.39 is 0 Å².